The van der Waals surface area contributed by atoms with E-state index in [0.717, 1.165) is 31.6 Å². The van der Waals surface area contributed by atoms with E-state index in [1.807, 2.05) is 12.5 Å². The molecule has 1 aliphatic rings. The lowest BCUT2D eigenvalue weighted by molar-refractivity contribution is 0.244. The van der Waals surface area contributed by atoms with Gasteiger partial charge in [0.25, 0.3) is 0 Å². The minimum atomic E-state index is 1.12. The summed E-state index contributed by atoms with van der Waals surface area (Å²) in [7, 11) is 0. The summed E-state index contributed by atoms with van der Waals surface area (Å²) in [5.74, 6) is 0. The quantitative estimate of drug-likeness (QED) is 0.846. The Hall–Kier alpha value is -1.39. The Kier molecular flexibility index (Phi) is 3.07. The maximum Gasteiger partial charge on any atom is 0.0992 e. The Balaban J connectivity index is 1.63. The van der Waals surface area contributed by atoms with Crippen LogP contribution in [0.3, 0.4) is 0 Å². The van der Waals surface area contributed by atoms with Crippen molar-refractivity contribution in [3.05, 3.63) is 36.4 Å². The van der Waals surface area contributed by atoms with Crippen LogP contribution in [0.25, 0.3) is 5.52 Å². The van der Waals surface area contributed by atoms with Crippen LogP contribution < -0.4 is 5.32 Å². The first-order valence-corrected chi connectivity index (χ1v) is 6.25. The minimum Gasteiger partial charge on any atom is -0.314 e. The number of pyridine rings is 1. The third-order valence-electron chi connectivity index (χ3n) is 3.40. The Morgan fingerprint density at radius 2 is 2.12 bits per heavy atom. The normalized spacial score (nSPS) is 17.6. The lowest BCUT2D eigenvalue weighted by Crippen LogP contribution is -2.44. The van der Waals surface area contributed by atoms with Gasteiger partial charge in [0.1, 0.15) is 0 Å². The van der Waals surface area contributed by atoms with Crippen LogP contribution in [0.2, 0.25) is 0 Å². The van der Waals surface area contributed by atoms with Crippen LogP contribution in [-0.2, 0) is 6.42 Å². The predicted molar refractivity (Wildman–Crippen MR) is 68.2 cm³/mol. The van der Waals surface area contributed by atoms with Crippen molar-refractivity contribution in [3.63, 3.8) is 0 Å². The molecule has 0 radical (unpaired) electrons. The van der Waals surface area contributed by atoms with E-state index in [4.69, 9.17) is 0 Å². The number of rotatable bonds is 3. The average molecular weight is 230 g/mol. The highest BCUT2D eigenvalue weighted by Gasteiger charge is 2.08. The Morgan fingerprint density at radius 1 is 1.24 bits per heavy atom. The second-order valence-electron chi connectivity index (χ2n) is 4.60. The van der Waals surface area contributed by atoms with Crippen molar-refractivity contribution in [2.75, 3.05) is 32.7 Å². The molecule has 0 amide bonds. The van der Waals surface area contributed by atoms with Crippen molar-refractivity contribution in [1.82, 2.24) is 19.6 Å². The molecule has 0 saturated carbocycles. The predicted octanol–water partition coefficient (Wildman–Crippen LogP) is 0.782. The summed E-state index contributed by atoms with van der Waals surface area (Å²) in [4.78, 5) is 6.66. The van der Waals surface area contributed by atoms with Crippen LogP contribution in [0.4, 0.5) is 0 Å². The van der Waals surface area contributed by atoms with Gasteiger partial charge in [-0.25, -0.2) is 4.98 Å². The second-order valence-corrected chi connectivity index (χ2v) is 4.60. The zero-order chi connectivity index (χ0) is 11.5. The smallest absolute Gasteiger partial charge is 0.0992 e. The first kappa shape index (κ1) is 10.7. The summed E-state index contributed by atoms with van der Waals surface area (Å²) in [6.45, 7) is 5.75. The molecule has 0 bridgehead atoms. The van der Waals surface area contributed by atoms with Gasteiger partial charge < -0.3 is 14.6 Å². The lowest BCUT2D eigenvalue weighted by atomic mass is 10.2. The number of fused-ring (bicyclic) bond motifs is 1. The third-order valence-corrected chi connectivity index (χ3v) is 3.40. The number of nitrogens with zero attached hydrogens (tertiary/aromatic N) is 3. The fraction of sp³-hybridized carbons (Fsp3) is 0.462. The average Bonchev–Trinajstić information content (AvgIpc) is 2.85. The number of piperazine rings is 1. The molecule has 4 nitrogen and oxygen atoms in total. The molecule has 0 aliphatic carbocycles. The minimum absolute atomic E-state index is 1.12. The molecule has 90 valence electrons. The van der Waals surface area contributed by atoms with E-state index < -0.39 is 0 Å². The largest absolute Gasteiger partial charge is 0.314 e. The van der Waals surface area contributed by atoms with Crippen LogP contribution in [0.5, 0.6) is 0 Å². The van der Waals surface area contributed by atoms with Gasteiger partial charge >= 0.3 is 0 Å². The van der Waals surface area contributed by atoms with Crippen molar-refractivity contribution in [3.8, 4) is 0 Å². The Morgan fingerprint density at radius 3 is 3.00 bits per heavy atom. The summed E-state index contributed by atoms with van der Waals surface area (Å²) in [5, 5.41) is 3.38. The molecule has 1 saturated heterocycles. The number of imidazole rings is 1. The molecular weight excluding hydrogens is 212 g/mol. The zero-order valence-corrected chi connectivity index (χ0v) is 9.97. The number of aromatic nitrogens is 2. The fourth-order valence-electron chi connectivity index (χ4n) is 2.34. The summed E-state index contributed by atoms with van der Waals surface area (Å²) in [5.41, 5.74) is 2.55. The van der Waals surface area contributed by atoms with Crippen LogP contribution in [0.1, 0.15) is 5.56 Å². The van der Waals surface area contributed by atoms with E-state index in [1.54, 1.807) is 0 Å². The van der Waals surface area contributed by atoms with Crippen molar-refractivity contribution >= 4 is 5.52 Å². The zero-order valence-electron chi connectivity index (χ0n) is 9.97. The van der Waals surface area contributed by atoms with E-state index in [-0.39, 0.29) is 0 Å². The molecule has 2 aromatic rings. The van der Waals surface area contributed by atoms with Crippen molar-refractivity contribution in [2.24, 2.45) is 0 Å². The van der Waals surface area contributed by atoms with Gasteiger partial charge in [-0.05, 0) is 18.1 Å². The monoisotopic (exact) mass is 230 g/mol. The lowest BCUT2D eigenvalue weighted by Gasteiger charge is -2.27. The molecule has 0 unspecified atom stereocenters. The van der Waals surface area contributed by atoms with E-state index in [1.165, 1.54) is 18.7 Å². The maximum absolute atomic E-state index is 4.14. The van der Waals surface area contributed by atoms with Crippen LogP contribution in [-0.4, -0.2) is 47.0 Å². The Labute approximate surface area is 101 Å². The van der Waals surface area contributed by atoms with E-state index >= 15 is 0 Å². The van der Waals surface area contributed by atoms with Crippen LogP contribution >= 0.6 is 0 Å². The number of hydrogen-bond donors (Lipinski definition) is 1. The molecule has 0 aromatic carbocycles. The van der Waals surface area contributed by atoms with Crippen molar-refractivity contribution in [1.29, 1.82) is 0 Å². The van der Waals surface area contributed by atoms with Gasteiger partial charge in [-0.3, -0.25) is 0 Å². The number of nitrogens with one attached hydrogen (secondary N) is 1. The molecule has 3 rings (SSSR count). The summed E-state index contributed by atoms with van der Waals surface area (Å²) >= 11 is 0. The van der Waals surface area contributed by atoms with E-state index in [9.17, 15) is 0 Å². The summed E-state index contributed by atoms with van der Waals surface area (Å²) < 4.78 is 2.09. The van der Waals surface area contributed by atoms with Gasteiger partial charge in [0.05, 0.1) is 18.0 Å². The molecule has 17 heavy (non-hydrogen) atoms. The van der Waals surface area contributed by atoms with Gasteiger partial charge in [-0.1, -0.05) is 6.07 Å². The molecule has 1 N–H and O–H groups in total. The Bertz CT molecular complexity index is 485. The van der Waals surface area contributed by atoms with Gasteiger partial charge in [0.2, 0.25) is 0 Å². The standard InChI is InChI=1S/C13H18N4/c1-2-13-9-15-11-17(13)10-12(1)3-6-16-7-4-14-5-8-16/h1-2,9-11,14H,3-8H2. The molecule has 0 spiro atoms. The first-order chi connectivity index (χ1) is 8.42. The molecular formula is C13H18N4. The van der Waals surface area contributed by atoms with Crippen LogP contribution in [0.15, 0.2) is 30.9 Å². The topological polar surface area (TPSA) is 32.6 Å². The van der Waals surface area contributed by atoms with E-state index in [0.29, 0.717) is 0 Å². The molecule has 0 atom stereocenters. The molecule has 1 aliphatic heterocycles. The molecule has 4 heteroatoms. The van der Waals surface area contributed by atoms with Gasteiger partial charge in [0, 0.05) is 38.9 Å². The van der Waals surface area contributed by atoms with Crippen molar-refractivity contribution in [2.45, 2.75) is 6.42 Å². The highest BCUT2D eigenvalue weighted by Crippen LogP contribution is 2.07. The summed E-state index contributed by atoms with van der Waals surface area (Å²) in [6, 6.07) is 4.35. The van der Waals surface area contributed by atoms with E-state index in [2.05, 4.69) is 37.9 Å². The highest BCUT2D eigenvalue weighted by molar-refractivity contribution is 5.45. The van der Waals surface area contributed by atoms with Crippen molar-refractivity contribution < 1.29 is 0 Å². The van der Waals surface area contributed by atoms with Crippen LogP contribution in [0, 0.1) is 0 Å². The molecule has 1 fully saturated rings. The van der Waals surface area contributed by atoms with Gasteiger partial charge in [-0.2, -0.15) is 0 Å². The van der Waals surface area contributed by atoms with Gasteiger partial charge in [0.15, 0.2) is 0 Å². The third kappa shape index (κ3) is 2.48. The maximum atomic E-state index is 4.14. The molecule has 3 heterocycles. The SMILES string of the molecule is c1cc2cncn2cc1CCN1CCNCC1. The first-order valence-electron chi connectivity index (χ1n) is 6.25. The summed E-state index contributed by atoms with van der Waals surface area (Å²) in [6.07, 6.45) is 7.06. The van der Waals surface area contributed by atoms with Gasteiger partial charge in [-0.15, -0.1) is 0 Å². The molecule has 2 aromatic heterocycles. The number of hydrogen-bond acceptors (Lipinski definition) is 3. The second kappa shape index (κ2) is 4.85. The highest BCUT2D eigenvalue weighted by atomic mass is 15.2. The fourth-order valence-corrected chi connectivity index (χ4v) is 2.34.